The highest BCUT2D eigenvalue weighted by Crippen LogP contribution is 2.65. The molecule has 1 saturated heterocycles. The van der Waals surface area contributed by atoms with Crippen molar-refractivity contribution in [1.82, 2.24) is 4.90 Å². The molecule has 0 bridgehead atoms. The summed E-state index contributed by atoms with van der Waals surface area (Å²) >= 11 is 0. The van der Waals surface area contributed by atoms with E-state index >= 15 is 0 Å². The molecule has 0 radical (unpaired) electrons. The minimum atomic E-state index is -7.80. The average molecular weight is 481 g/mol. The Morgan fingerprint density at radius 3 is 1.33 bits per heavy atom. The molecule has 0 aromatic heterocycles. The fourth-order valence-corrected chi connectivity index (χ4v) is 2.73. The molecule has 1 heterocycles. The van der Waals surface area contributed by atoms with Crippen LogP contribution in [0.2, 0.25) is 0 Å². The van der Waals surface area contributed by atoms with E-state index < -0.39 is 79.6 Å². The maximum atomic E-state index is 14.6. The topological polar surface area (TPSA) is 21.7 Å². The molecule has 0 N–H and O–H groups in total. The Hall–Kier alpha value is -1.10. The van der Waals surface area contributed by atoms with Crippen molar-refractivity contribution < 1.29 is 70.9 Å². The second-order valence-corrected chi connectivity index (χ2v) is 5.97. The Bertz CT molecular complexity index is 568. The fraction of sp³-hybridized carbons (Fsp3) is 1.00. The Morgan fingerprint density at radius 1 is 0.667 bits per heavy atom. The Balaban J connectivity index is 3.99. The number of alkyl halides is 14. The molecule has 17 heteroatoms. The van der Waals surface area contributed by atoms with Gasteiger partial charge in [0.15, 0.2) is 0 Å². The van der Waals surface area contributed by atoms with Crippen molar-refractivity contribution in [3.8, 4) is 0 Å². The van der Waals surface area contributed by atoms with E-state index in [0.717, 1.165) is 0 Å². The maximum Gasteiger partial charge on any atom is 0.456 e. The van der Waals surface area contributed by atoms with Gasteiger partial charge < -0.3 is 9.47 Å². The van der Waals surface area contributed by atoms with E-state index in [4.69, 9.17) is 0 Å². The Kier molecular flexibility index (Phi) is 7.00. The lowest BCUT2D eigenvalue weighted by Gasteiger charge is -2.51. The van der Waals surface area contributed by atoms with E-state index in [-0.39, 0.29) is 6.92 Å². The van der Waals surface area contributed by atoms with Gasteiger partial charge in [0.25, 0.3) is 5.60 Å². The second kappa shape index (κ2) is 7.79. The van der Waals surface area contributed by atoms with Gasteiger partial charge >= 0.3 is 36.2 Å². The molecule has 1 aliphatic heterocycles. The molecule has 0 aromatic carbocycles. The van der Waals surface area contributed by atoms with E-state index in [2.05, 4.69) is 9.47 Å². The molecule has 1 fully saturated rings. The van der Waals surface area contributed by atoms with Crippen LogP contribution in [0.4, 0.5) is 61.5 Å². The van der Waals surface area contributed by atoms with Crippen LogP contribution >= 0.6 is 0 Å². The number of nitrogens with zero attached hydrogens (tertiary/aromatic N) is 1. The van der Waals surface area contributed by atoms with Crippen molar-refractivity contribution in [2.45, 2.75) is 48.7 Å². The van der Waals surface area contributed by atoms with E-state index in [1.54, 1.807) is 0 Å². The van der Waals surface area contributed by atoms with Crippen molar-refractivity contribution in [1.29, 1.82) is 0 Å². The lowest BCUT2D eigenvalue weighted by Crippen LogP contribution is -2.83. The van der Waals surface area contributed by atoms with Crippen LogP contribution in [-0.2, 0) is 9.47 Å². The first-order valence-electron chi connectivity index (χ1n) is 7.78. The highest BCUT2D eigenvalue weighted by molar-refractivity contribution is 5.21. The van der Waals surface area contributed by atoms with Gasteiger partial charge in [-0.05, 0) is 6.92 Å². The molecule has 1 rings (SSSR count). The molecule has 0 atom stereocenters. The van der Waals surface area contributed by atoms with Crippen molar-refractivity contribution in [2.24, 2.45) is 0 Å². The van der Waals surface area contributed by atoms with Crippen molar-refractivity contribution in [2.75, 3.05) is 32.9 Å². The Labute approximate surface area is 158 Å². The standard InChI is InChI=1S/C13H13F14NO2/c1-2-30-7(8(14,15)11(20,21)22,9(16,17)12(23,24)25)10(18,19)13(26,27)28-3-5-29-6-4-28/h2-6H2,1H3. The van der Waals surface area contributed by atoms with Crippen LogP contribution in [0.1, 0.15) is 6.92 Å². The van der Waals surface area contributed by atoms with Crippen LogP contribution in [0.25, 0.3) is 0 Å². The van der Waals surface area contributed by atoms with Gasteiger partial charge in [0.2, 0.25) is 0 Å². The zero-order valence-corrected chi connectivity index (χ0v) is 14.6. The van der Waals surface area contributed by atoms with Gasteiger partial charge in [-0.1, -0.05) is 0 Å². The first kappa shape index (κ1) is 26.9. The fourth-order valence-electron chi connectivity index (χ4n) is 2.73. The molecular formula is C13H13F14NO2. The molecule has 0 amide bonds. The molecule has 0 spiro atoms. The van der Waals surface area contributed by atoms with Gasteiger partial charge in [-0.2, -0.15) is 61.5 Å². The molecule has 0 unspecified atom stereocenters. The van der Waals surface area contributed by atoms with Gasteiger partial charge in [0.05, 0.1) is 13.2 Å². The largest absolute Gasteiger partial charge is 0.456 e. The molecule has 30 heavy (non-hydrogen) atoms. The number of rotatable bonds is 7. The number of hydrogen-bond acceptors (Lipinski definition) is 3. The molecule has 180 valence electrons. The third kappa shape index (κ3) is 3.59. The molecular weight excluding hydrogens is 468 g/mol. The van der Waals surface area contributed by atoms with E-state index in [1.807, 2.05) is 0 Å². The van der Waals surface area contributed by atoms with Crippen LogP contribution in [0.15, 0.2) is 0 Å². The predicted molar refractivity (Wildman–Crippen MR) is 68.6 cm³/mol. The smallest absolute Gasteiger partial charge is 0.379 e. The minimum absolute atomic E-state index is 0.191. The summed E-state index contributed by atoms with van der Waals surface area (Å²) in [6, 6.07) is -6.37. The summed E-state index contributed by atoms with van der Waals surface area (Å²) in [5.41, 5.74) is -7.39. The number of hydrogen-bond donors (Lipinski definition) is 0. The average Bonchev–Trinajstić information content (AvgIpc) is 2.57. The molecule has 1 aliphatic rings. The summed E-state index contributed by atoms with van der Waals surface area (Å²) in [6.07, 6.45) is -15.1. The summed E-state index contributed by atoms with van der Waals surface area (Å²) in [4.78, 5) is -0.844. The van der Waals surface area contributed by atoms with E-state index in [0.29, 0.717) is 0 Å². The zero-order chi connectivity index (χ0) is 24.0. The lowest BCUT2D eigenvalue weighted by atomic mass is 9.78. The monoisotopic (exact) mass is 481 g/mol. The quantitative estimate of drug-likeness (QED) is 0.388. The third-order valence-electron chi connectivity index (χ3n) is 4.19. The molecule has 3 nitrogen and oxygen atoms in total. The molecule has 0 aliphatic carbocycles. The SMILES string of the molecule is CCOC(C(F)(F)C(F)(F)F)(C(F)(F)C(F)(F)F)C(F)(F)C(F)(F)N1CCOCC1. The first-order valence-corrected chi connectivity index (χ1v) is 7.78. The highest BCUT2D eigenvalue weighted by Gasteiger charge is 2.97. The normalized spacial score (nSPS) is 19.3. The summed E-state index contributed by atoms with van der Waals surface area (Å²) in [6.45, 7) is -6.13. The van der Waals surface area contributed by atoms with E-state index in [1.165, 1.54) is 0 Å². The number of morpholine rings is 1. The second-order valence-electron chi connectivity index (χ2n) is 5.97. The molecule has 0 aromatic rings. The zero-order valence-electron chi connectivity index (χ0n) is 14.6. The van der Waals surface area contributed by atoms with Gasteiger partial charge in [0, 0.05) is 19.7 Å². The van der Waals surface area contributed by atoms with Gasteiger partial charge in [-0.25, -0.2) is 4.90 Å². The molecule has 0 saturated carbocycles. The highest BCUT2D eigenvalue weighted by atomic mass is 19.4. The van der Waals surface area contributed by atoms with Crippen LogP contribution in [-0.4, -0.2) is 79.6 Å². The predicted octanol–water partition coefficient (Wildman–Crippen LogP) is 4.72. The van der Waals surface area contributed by atoms with Gasteiger partial charge in [-0.15, -0.1) is 0 Å². The van der Waals surface area contributed by atoms with Crippen molar-refractivity contribution in [3.63, 3.8) is 0 Å². The summed E-state index contributed by atoms with van der Waals surface area (Å²) in [7, 11) is 0. The van der Waals surface area contributed by atoms with Gasteiger partial charge in [-0.3, -0.25) is 0 Å². The van der Waals surface area contributed by atoms with Gasteiger partial charge in [0.1, 0.15) is 0 Å². The summed E-state index contributed by atoms with van der Waals surface area (Å²) in [5.74, 6) is -23.0. The van der Waals surface area contributed by atoms with Crippen LogP contribution in [0.5, 0.6) is 0 Å². The maximum absolute atomic E-state index is 14.6. The van der Waals surface area contributed by atoms with Crippen molar-refractivity contribution >= 4 is 0 Å². The van der Waals surface area contributed by atoms with Crippen LogP contribution < -0.4 is 0 Å². The van der Waals surface area contributed by atoms with Crippen molar-refractivity contribution in [3.05, 3.63) is 0 Å². The Morgan fingerprint density at radius 2 is 1.03 bits per heavy atom. The van der Waals surface area contributed by atoms with Crippen LogP contribution in [0.3, 0.4) is 0 Å². The minimum Gasteiger partial charge on any atom is -0.379 e. The van der Waals surface area contributed by atoms with E-state index in [9.17, 15) is 61.5 Å². The first-order chi connectivity index (χ1) is 13.2. The third-order valence-corrected chi connectivity index (χ3v) is 4.19. The summed E-state index contributed by atoms with van der Waals surface area (Å²) in [5, 5.41) is 0. The number of halogens is 14. The van der Waals surface area contributed by atoms with Crippen LogP contribution in [0, 0.1) is 0 Å². The summed E-state index contributed by atoms with van der Waals surface area (Å²) < 4.78 is 198. The lowest BCUT2D eigenvalue weighted by molar-refractivity contribution is -0.494. The number of ether oxygens (including phenoxy) is 2.